The van der Waals surface area contributed by atoms with Crippen molar-refractivity contribution < 1.29 is 14.4 Å². The van der Waals surface area contributed by atoms with Gasteiger partial charge in [0.2, 0.25) is 11.8 Å². The second-order valence-corrected chi connectivity index (χ2v) is 5.87. The summed E-state index contributed by atoms with van der Waals surface area (Å²) in [6.45, 7) is 1.16. The maximum absolute atomic E-state index is 12.3. The fourth-order valence-electron chi connectivity index (χ4n) is 2.58. The van der Waals surface area contributed by atoms with Crippen molar-refractivity contribution in [3.63, 3.8) is 0 Å². The number of carbonyl (C=O) groups is 3. The Hall–Kier alpha value is -2.57. The minimum atomic E-state index is -0.499. The Morgan fingerprint density at radius 2 is 1.70 bits per heavy atom. The monoisotopic (exact) mass is 318 g/mol. The number of nitrogens with two attached hydrogens (primary N) is 1. The van der Waals surface area contributed by atoms with Crippen molar-refractivity contribution in [2.45, 2.75) is 12.8 Å². The van der Waals surface area contributed by atoms with Gasteiger partial charge in [0, 0.05) is 44.4 Å². The van der Waals surface area contributed by atoms with Crippen LogP contribution in [0.5, 0.6) is 0 Å². The summed E-state index contributed by atoms with van der Waals surface area (Å²) in [5.41, 5.74) is 6.21. The fourth-order valence-corrected chi connectivity index (χ4v) is 2.58. The zero-order valence-corrected chi connectivity index (χ0v) is 13.4. The molecule has 1 aromatic rings. The number of nitrogens with zero attached hydrogens (tertiary/aromatic N) is 2. The van der Waals surface area contributed by atoms with Gasteiger partial charge in [-0.25, -0.2) is 4.79 Å². The molecule has 0 unspecified atom stereocenters. The SMILES string of the molecule is CN(C)C(=O)N1CCC(C(=O)Nc2ccc(C(N)=O)cc2)CC1. The van der Waals surface area contributed by atoms with Crippen molar-refractivity contribution in [1.29, 1.82) is 0 Å². The summed E-state index contributed by atoms with van der Waals surface area (Å²) < 4.78 is 0. The highest BCUT2D eigenvalue weighted by atomic mass is 16.2. The van der Waals surface area contributed by atoms with Gasteiger partial charge in [0.15, 0.2) is 0 Å². The van der Waals surface area contributed by atoms with E-state index in [1.807, 2.05) is 0 Å². The van der Waals surface area contributed by atoms with Crippen molar-refractivity contribution >= 4 is 23.5 Å². The van der Waals surface area contributed by atoms with E-state index in [-0.39, 0.29) is 17.9 Å². The van der Waals surface area contributed by atoms with Crippen molar-refractivity contribution in [2.24, 2.45) is 11.7 Å². The molecule has 1 aliphatic heterocycles. The number of rotatable bonds is 3. The third-order valence-electron chi connectivity index (χ3n) is 3.96. The average molecular weight is 318 g/mol. The first kappa shape index (κ1) is 16.8. The third-order valence-corrected chi connectivity index (χ3v) is 3.96. The van der Waals surface area contributed by atoms with E-state index in [9.17, 15) is 14.4 Å². The van der Waals surface area contributed by atoms with Gasteiger partial charge in [0.05, 0.1) is 0 Å². The molecular formula is C16H22N4O3. The zero-order chi connectivity index (χ0) is 17.0. The first-order valence-corrected chi connectivity index (χ1v) is 7.55. The van der Waals surface area contributed by atoms with Gasteiger partial charge in [0.1, 0.15) is 0 Å². The van der Waals surface area contributed by atoms with Gasteiger partial charge in [-0.15, -0.1) is 0 Å². The predicted molar refractivity (Wildman–Crippen MR) is 87.0 cm³/mol. The minimum absolute atomic E-state index is 0.0223. The van der Waals surface area contributed by atoms with Gasteiger partial charge >= 0.3 is 6.03 Å². The van der Waals surface area contributed by atoms with Crippen LogP contribution in [0.4, 0.5) is 10.5 Å². The lowest BCUT2D eigenvalue weighted by molar-refractivity contribution is -0.121. The predicted octanol–water partition coefficient (Wildman–Crippen LogP) is 1.12. The first-order valence-electron chi connectivity index (χ1n) is 7.55. The number of primary amides is 1. The number of urea groups is 1. The van der Waals surface area contributed by atoms with E-state index in [1.54, 1.807) is 48.2 Å². The van der Waals surface area contributed by atoms with Crippen LogP contribution in [0.1, 0.15) is 23.2 Å². The molecule has 1 aromatic carbocycles. The molecule has 0 aromatic heterocycles. The van der Waals surface area contributed by atoms with Crippen LogP contribution in [-0.4, -0.2) is 54.8 Å². The lowest BCUT2D eigenvalue weighted by atomic mass is 9.96. The van der Waals surface area contributed by atoms with Gasteiger partial charge in [-0.3, -0.25) is 9.59 Å². The van der Waals surface area contributed by atoms with Crippen LogP contribution < -0.4 is 11.1 Å². The molecule has 1 saturated heterocycles. The maximum Gasteiger partial charge on any atom is 0.319 e. The number of benzene rings is 1. The van der Waals surface area contributed by atoms with Gasteiger partial charge in [0.25, 0.3) is 0 Å². The molecule has 1 heterocycles. The Labute approximate surface area is 135 Å². The van der Waals surface area contributed by atoms with E-state index < -0.39 is 5.91 Å². The molecule has 3 N–H and O–H groups in total. The highest BCUT2D eigenvalue weighted by Crippen LogP contribution is 2.20. The number of anilines is 1. The largest absolute Gasteiger partial charge is 0.366 e. The van der Waals surface area contributed by atoms with Gasteiger partial charge in [-0.2, -0.15) is 0 Å². The van der Waals surface area contributed by atoms with E-state index >= 15 is 0 Å². The smallest absolute Gasteiger partial charge is 0.319 e. The molecular weight excluding hydrogens is 296 g/mol. The van der Waals surface area contributed by atoms with Crippen molar-refractivity contribution in [1.82, 2.24) is 9.80 Å². The van der Waals surface area contributed by atoms with E-state index in [0.29, 0.717) is 37.2 Å². The minimum Gasteiger partial charge on any atom is -0.366 e. The molecule has 1 fully saturated rings. The van der Waals surface area contributed by atoms with Gasteiger partial charge < -0.3 is 20.9 Å². The summed E-state index contributed by atoms with van der Waals surface area (Å²) in [5.74, 6) is -0.674. The molecule has 7 heteroatoms. The quantitative estimate of drug-likeness (QED) is 0.874. The van der Waals surface area contributed by atoms with Crippen molar-refractivity contribution in [3.05, 3.63) is 29.8 Å². The third kappa shape index (κ3) is 4.21. The lowest BCUT2D eigenvalue weighted by Gasteiger charge is -2.33. The molecule has 0 saturated carbocycles. The summed E-state index contributed by atoms with van der Waals surface area (Å²) in [7, 11) is 3.44. The topological polar surface area (TPSA) is 95.7 Å². The van der Waals surface area contributed by atoms with Crippen LogP contribution in [0.15, 0.2) is 24.3 Å². The normalized spacial score (nSPS) is 15.1. The summed E-state index contributed by atoms with van der Waals surface area (Å²) in [4.78, 5) is 38.5. The Kier molecular flexibility index (Phi) is 5.20. The van der Waals surface area contributed by atoms with Crippen LogP contribution in [-0.2, 0) is 4.79 Å². The highest BCUT2D eigenvalue weighted by Gasteiger charge is 2.27. The number of nitrogens with one attached hydrogen (secondary N) is 1. The summed E-state index contributed by atoms with van der Waals surface area (Å²) >= 11 is 0. The van der Waals surface area contributed by atoms with Crippen molar-refractivity contribution in [3.8, 4) is 0 Å². The number of carbonyl (C=O) groups excluding carboxylic acids is 3. The molecule has 0 bridgehead atoms. The first-order chi connectivity index (χ1) is 10.9. The molecule has 0 spiro atoms. The Bertz CT molecular complexity index is 590. The standard InChI is InChI=1S/C16H22N4O3/c1-19(2)16(23)20-9-7-12(8-10-20)15(22)18-13-5-3-11(4-6-13)14(17)21/h3-6,12H,7-10H2,1-2H3,(H2,17,21)(H,18,22). The summed E-state index contributed by atoms with van der Waals surface area (Å²) in [5, 5.41) is 2.84. The zero-order valence-electron chi connectivity index (χ0n) is 13.4. The van der Waals surface area contributed by atoms with Crippen LogP contribution in [0.2, 0.25) is 0 Å². The molecule has 0 radical (unpaired) electrons. The Morgan fingerprint density at radius 3 is 2.17 bits per heavy atom. The highest BCUT2D eigenvalue weighted by molar-refractivity contribution is 5.95. The van der Waals surface area contributed by atoms with E-state index in [1.165, 1.54) is 0 Å². The molecule has 0 aliphatic carbocycles. The lowest BCUT2D eigenvalue weighted by Crippen LogP contribution is -2.45. The summed E-state index contributed by atoms with van der Waals surface area (Å²) in [6, 6.07) is 6.45. The van der Waals surface area contributed by atoms with Crippen molar-refractivity contribution in [2.75, 3.05) is 32.5 Å². The molecule has 0 atom stereocenters. The molecule has 4 amide bonds. The molecule has 1 aliphatic rings. The van der Waals surface area contributed by atoms with Crippen LogP contribution >= 0.6 is 0 Å². The molecule has 7 nitrogen and oxygen atoms in total. The van der Waals surface area contributed by atoms with Crippen LogP contribution in [0.3, 0.4) is 0 Å². The Morgan fingerprint density at radius 1 is 1.13 bits per heavy atom. The van der Waals surface area contributed by atoms with E-state index in [0.717, 1.165) is 0 Å². The van der Waals surface area contributed by atoms with E-state index in [2.05, 4.69) is 5.32 Å². The number of piperidine rings is 1. The maximum atomic E-state index is 12.3. The second kappa shape index (κ2) is 7.13. The number of amides is 4. The molecule has 23 heavy (non-hydrogen) atoms. The molecule has 2 rings (SSSR count). The second-order valence-electron chi connectivity index (χ2n) is 5.87. The molecule has 124 valence electrons. The number of hydrogen-bond acceptors (Lipinski definition) is 3. The summed E-state index contributed by atoms with van der Waals surface area (Å²) in [6.07, 6.45) is 1.29. The number of likely N-dealkylation sites (tertiary alicyclic amines) is 1. The average Bonchev–Trinajstić information content (AvgIpc) is 2.54. The van der Waals surface area contributed by atoms with Crippen LogP contribution in [0, 0.1) is 5.92 Å². The van der Waals surface area contributed by atoms with Crippen LogP contribution in [0.25, 0.3) is 0 Å². The fraction of sp³-hybridized carbons (Fsp3) is 0.438. The van der Waals surface area contributed by atoms with Gasteiger partial charge in [-0.05, 0) is 37.1 Å². The Balaban J connectivity index is 1.88. The number of hydrogen-bond donors (Lipinski definition) is 2. The van der Waals surface area contributed by atoms with Gasteiger partial charge in [-0.1, -0.05) is 0 Å². The van der Waals surface area contributed by atoms with E-state index in [4.69, 9.17) is 5.73 Å².